The van der Waals surface area contributed by atoms with Crippen LogP contribution in [0.3, 0.4) is 0 Å². The largest absolute Gasteiger partial charge is 0.481 e. The molecule has 2 aromatic carbocycles. The summed E-state index contributed by atoms with van der Waals surface area (Å²) >= 11 is 0. The molecule has 0 fully saturated rings. The molecule has 4 rings (SSSR count). The summed E-state index contributed by atoms with van der Waals surface area (Å²) in [5.41, 5.74) is 15.7. The highest BCUT2D eigenvalue weighted by atomic mass is 16.6. The Balaban J connectivity index is 0.779. The van der Waals surface area contributed by atoms with Gasteiger partial charge in [-0.1, -0.05) is 68.1 Å². The van der Waals surface area contributed by atoms with Gasteiger partial charge in [0.05, 0.1) is 328 Å². The summed E-state index contributed by atoms with van der Waals surface area (Å²) in [7, 11) is 1.64. The summed E-state index contributed by atoms with van der Waals surface area (Å²) < 4.78 is 135. The van der Waals surface area contributed by atoms with Crippen LogP contribution in [0.2, 0.25) is 0 Å². The number of carboxylic acid groups (broad SMARTS) is 1. The van der Waals surface area contributed by atoms with Crippen LogP contribution in [0.4, 0.5) is 11.4 Å². The lowest BCUT2D eigenvalue weighted by Crippen LogP contribution is -2.40. The van der Waals surface area contributed by atoms with Crippen molar-refractivity contribution in [1.82, 2.24) is 5.32 Å². The smallest absolute Gasteiger partial charge is 0.303 e. The Morgan fingerprint density at radius 2 is 0.698 bits per heavy atom. The molecule has 30 heteroatoms. The second-order valence-corrected chi connectivity index (χ2v) is 27.7. The fourth-order valence-electron chi connectivity index (χ4n) is 12.0. The van der Waals surface area contributed by atoms with Gasteiger partial charge in [-0.2, -0.15) is 4.58 Å². The second kappa shape index (κ2) is 73.9. The van der Waals surface area contributed by atoms with E-state index in [1.165, 1.54) is 22.5 Å². The van der Waals surface area contributed by atoms with Gasteiger partial charge in [0.25, 0.3) is 0 Å². The molecule has 0 aromatic heterocycles. The zero-order chi connectivity index (χ0) is 82.7. The van der Waals surface area contributed by atoms with E-state index < -0.39 is 5.97 Å². The predicted octanol–water partition coefficient (Wildman–Crippen LogP) is 7.60. The molecule has 1 amide bonds. The van der Waals surface area contributed by atoms with E-state index in [-0.39, 0.29) is 29.2 Å². The zero-order valence-corrected chi connectivity index (χ0v) is 70.8. The molecule has 664 valence electrons. The van der Waals surface area contributed by atoms with Gasteiger partial charge in [-0.3, -0.25) is 9.59 Å². The molecule has 30 nitrogen and oxygen atoms in total. The Hall–Kier alpha value is -5.03. The topological polar surface area (TPSA) is 294 Å². The number of nitrogens with zero attached hydrogens (tertiary/aromatic N) is 2. The Morgan fingerprint density at radius 3 is 1.05 bits per heavy atom. The lowest BCUT2D eigenvalue weighted by atomic mass is 9.80. The monoisotopic (exact) mass is 1650 g/mol. The van der Waals surface area contributed by atoms with Crippen molar-refractivity contribution in [2.45, 2.75) is 95.9 Å². The van der Waals surface area contributed by atoms with E-state index >= 15 is 0 Å². The molecule has 2 aromatic rings. The number of para-hydroxylation sites is 2. The molecule has 116 heavy (non-hydrogen) atoms. The van der Waals surface area contributed by atoms with Crippen LogP contribution in [-0.4, -0.2) is 371 Å². The third-order valence-electron chi connectivity index (χ3n) is 18.1. The maximum Gasteiger partial charge on any atom is 0.303 e. The minimum Gasteiger partial charge on any atom is -0.481 e. The summed E-state index contributed by atoms with van der Waals surface area (Å²) in [5, 5.41) is 12.1. The summed E-state index contributed by atoms with van der Waals surface area (Å²) in [6.45, 7) is 33.9. The van der Waals surface area contributed by atoms with Gasteiger partial charge in [-0.25, -0.2) is 0 Å². The van der Waals surface area contributed by atoms with E-state index in [1.807, 2.05) is 6.08 Å². The third-order valence-corrected chi connectivity index (χ3v) is 18.1. The number of hydrogen-bond acceptors (Lipinski definition) is 27. The average molecular weight is 1650 g/mol. The fourth-order valence-corrected chi connectivity index (χ4v) is 12.0. The van der Waals surface area contributed by atoms with Crippen LogP contribution >= 0.6 is 0 Å². The molecule has 0 spiro atoms. The molecule has 1 atom stereocenters. The maximum atomic E-state index is 12.7. The number of methoxy groups -OCH3 is 1. The minimum atomic E-state index is -0.744. The molecule has 0 bridgehead atoms. The van der Waals surface area contributed by atoms with E-state index in [9.17, 15) is 9.59 Å². The zero-order valence-electron chi connectivity index (χ0n) is 70.8. The normalized spacial score (nSPS) is 14.0. The van der Waals surface area contributed by atoms with E-state index in [1.54, 1.807) is 7.11 Å². The first-order valence-electron chi connectivity index (χ1n) is 41.9. The summed E-state index contributed by atoms with van der Waals surface area (Å²) in [5.74, 6) is -0.717. The summed E-state index contributed by atoms with van der Waals surface area (Å²) in [4.78, 5) is 26.2. The Kier molecular flexibility index (Phi) is 65.8. The number of allylic oxidation sites excluding steroid dienone is 1. The van der Waals surface area contributed by atoms with E-state index in [0.717, 1.165) is 50.9 Å². The molecule has 2 N–H and O–H groups in total. The number of unbranched alkanes of at least 4 members (excludes halogenated alkanes) is 4. The lowest BCUT2D eigenvalue weighted by Gasteiger charge is -2.31. The fraction of sp³-hybridized carbons (Fsp3) is 0.767. The molecule has 1 unspecified atom stereocenters. The molecule has 2 aliphatic rings. The third kappa shape index (κ3) is 52.9. The number of hydrogen-bond donors (Lipinski definition) is 2. The van der Waals surface area contributed by atoms with Gasteiger partial charge in [-0.15, -0.1) is 0 Å². The number of rotatable bonds is 86. The van der Waals surface area contributed by atoms with Gasteiger partial charge in [0, 0.05) is 62.2 Å². The van der Waals surface area contributed by atoms with Gasteiger partial charge in [0.1, 0.15) is 6.54 Å². The molecule has 0 saturated heterocycles. The van der Waals surface area contributed by atoms with Gasteiger partial charge in [-0.05, 0) is 63.0 Å². The number of aliphatic carboxylic acids is 1. The first kappa shape index (κ1) is 103. The van der Waals surface area contributed by atoms with Gasteiger partial charge in [0.2, 0.25) is 17.3 Å². The molecule has 0 radical (unpaired) electrons. The second-order valence-electron chi connectivity index (χ2n) is 27.7. The summed E-state index contributed by atoms with van der Waals surface area (Å²) in [6, 6.07) is 17.2. The van der Waals surface area contributed by atoms with Crippen molar-refractivity contribution in [1.29, 1.82) is 0 Å². The first-order valence-corrected chi connectivity index (χ1v) is 41.9. The Bertz CT molecular complexity index is 2860. The highest BCUT2D eigenvalue weighted by Crippen LogP contribution is 2.46. The van der Waals surface area contributed by atoms with E-state index in [0.29, 0.717) is 330 Å². The standard InChI is InChI=1S/C86H143N3O27/c1-85(2)77-19-13-15-21-79(77)88(81(85)23-9-6-10-24-82-86(3,4)78-20-14-16-22-80(78)89(82)29-18-8-12-26-84(91)92)28-17-7-11-25-83(90)87-27-30-94-33-34-96-37-38-98-41-42-100-45-46-102-49-50-104-53-54-106-57-58-108-61-62-110-65-66-112-69-70-114-73-74-116-76-75-115-72-71-113-68-67-111-64-63-109-60-59-107-56-55-105-52-51-103-48-47-101-44-43-99-40-39-97-36-35-95-32-31-93-5/h13-16,19-24,82H,7-8,11-12,17-18,25-76H2,1-5H3,(H-,87,90,91,92)/p+1. The number of ether oxygens (including phenoxy) is 24. The first-order chi connectivity index (χ1) is 57.1. The van der Waals surface area contributed by atoms with Crippen molar-refractivity contribution in [2.24, 2.45) is 0 Å². The number of anilines is 1. The minimum absolute atomic E-state index is 0.0272. The van der Waals surface area contributed by atoms with Crippen LogP contribution in [0, 0.1) is 0 Å². The van der Waals surface area contributed by atoms with Crippen molar-refractivity contribution in [2.75, 3.05) is 342 Å². The average Bonchev–Trinajstić information content (AvgIpc) is 1.61. The van der Waals surface area contributed by atoms with Crippen molar-refractivity contribution in [3.8, 4) is 0 Å². The molecule has 0 saturated carbocycles. The quantitative estimate of drug-likeness (QED) is 0.0366. The van der Waals surface area contributed by atoms with E-state index in [4.69, 9.17) is 119 Å². The van der Waals surface area contributed by atoms with Gasteiger partial charge in [0.15, 0.2) is 0 Å². The van der Waals surface area contributed by atoms with Crippen LogP contribution in [0.25, 0.3) is 0 Å². The van der Waals surface area contributed by atoms with Crippen LogP contribution in [0.15, 0.2) is 77.9 Å². The Labute approximate surface area is 691 Å². The van der Waals surface area contributed by atoms with Crippen LogP contribution < -0.4 is 10.2 Å². The SMILES string of the molecule is COCCOCCOCCOCCOCCOCCOCCOCCOCCOCCOCCOCCOCCOCCOCCOCCOCCOCCOCCOCCOCCOCCOCCOCCNC(=O)CCCCC[N+]1=C(C=C=C=C=CC2N(CCCCCC(=O)O)c3ccccc3C2(C)C)C(C)(C)c2ccccc21. The molecule has 0 aliphatic carbocycles. The highest BCUT2D eigenvalue weighted by Gasteiger charge is 2.45. The van der Waals surface area contributed by atoms with Crippen molar-refractivity contribution in [3.63, 3.8) is 0 Å². The van der Waals surface area contributed by atoms with Gasteiger partial charge >= 0.3 is 5.97 Å². The Morgan fingerprint density at radius 1 is 0.388 bits per heavy atom. The van der Waals surface area contributed by atoms with Crippen molar-refractivity contribution < 1.29 is 133 Å². The number of carbonyl (C=O) groups is 2. The van der Waals surface area contributed by atoms with Crippen LogP contribution in [0.5, 0.6) is 0 Å². The van der Waals surface area contributed by atoms with Crippen molar-refractivity contribution >= 4 is 29.0 Å². The number of fused-ring (bicyclic) bond motifs is 2. The number of nitrogens with one attached hydrogen (secondary N) is 1. The maximum absolute atomic E-state index is 12.7. The van der Waals surface area contributed by atoms with Crippen LogP contribution in [-0.2, 0) is 134 Å². The van der Waals surface area contributed by atoms with E-state index in [2.05, 4.69) is 114 Å². The summed E-state index contributed by atoms with van der Waals surface area (Å²) in [6.07, 6.45) is 9.93. The van der Waals surface area contributed by atoms with Gasteiger partial charge < -0.3 is 129 Å². The number of benzene rings is 2. The molecule has 2 aliphatic heterocycles. The number of carbonyl (C=O) groups excluding carboxylic acids is 1. The van der Waals surface area contributed by atoms with Crippen LogP contribution in [0.1, 0.15) is 90.2 Å². The predicted molar refractivity (Wildman–Crippen MR) is 438 cm³/mol. The number of amides is 1. The highest BCUT2D eigenvalue weighted by molar-refractivity contribution is 6.02. The molecular weight excluding hydrogens is 1510 g/mol. The lowest BCUT2D eigenvalue weighted by molar-refractivity contribution is -0.438. The van der Waals surface area contributed by atoms with Crippen molar-refractivity contribution in [3.05, 3.63) is 89.0 Å². The number of carboxylic acids is 1. The molecular formula is C86H144N3O27+. The molecule has 2 heterocycles.